The van der Waals surface area contributed by atoms with Crippen LogP contribution < -0.4 is 5.32 Å². The third-order valence-electron chi connectivity index (χ3n) is 3.31. The van der Waals surface area contributed by atoms with Gasteiger partial charge in [-0.25, -0.2) is 0 Å². The van der Waals surface area contributed by atoms with Crippen molar-refractivity contribution in [2.45, 2.75) is 37.6 Å². The summed E-state index contributed by atoms with van der Waals surface area (Å²) in [5.74, 6) is 0. The number of hydrogen-bond acceptors (Lipinski definition) is 4. The van der Waals surface area contributed by atoms with Gasteiger partial charge in [-0.1, -0.05) is 15.9 Å². The molecule has 0 amide bonds. The van der Waals surface area contributed by atoms with Crippen molar-refractivity contribution in [1.82, 2.24) is 0 Å². The lowest BCUT2D eigenvalue weighted by Crippen LogP contribution is -2.48. The average Bonchev–Trinajstić information content (AvgIpc) is 2.26. The Morgan fingerprint density at radius 3 is 2.48 bits per heavy atom. The van der Waals surface area contributed by atoms with Gasteiger partial charge in [-0.3, -0.25) is 10.1 Å². The summed E-state index contributed by atoms with van der Waals surface area (Å²) in [6.07, 6.45) is -4.25. The number of alkyl halides is 3. The molecule has 0 saturated heterocycles. The Bertz CT molecular complexity index is 582. The topological polar surface area (TPSA) is 75.4 Å². The number of rotatable bonds is 3. The molecule has 5 nitrogen and oxygen atoms in total. The fourth-order valence-corrected chi connectivity index (χ4v) is 2.87. The van der Waals surface area contributed by atoms with Gasteiger partial charge in [0.15, 0.2) is 0 Å². The van der Waals surface area contributed by atoms with Crippen LogP contribution in [0.25, 0.3) is 0 Å². The number of nitrogens with zero attached hydrogens (tertiary/aromatic N) is 1. The molecular weight excluding hydrogens is 357 g/mol. The van der Waals surface area contributed by atoms with Crippen LogP contribution in [-0.4, -0.2) is 21.7 Å². The van der Waals surface area contributed by atoms with Crippen molar-refractivity contribution in [2.75, 3.05) is 5.32 Å². The minimum Gasteiger partial charge on any atom is -0.390 e. The third kappa shape index (κ3) is 3.46. The zero-order valence-electron chi connectivity index (χ0n) is 10.9. The van der Waals surface area contributed by atoms with E-state index in [0.717, 1.165) is 12.1 Å². The van der Waals surface area contributed by atoms with Gasteiger partial charge in [0.2, 0.25) is 0 Å². The molecule has 0 unspecified atom stereocenters. The van der Waals surface area contributed by atoms with E-state index in [2.05, 4.69) is 21.2 Å². The van der Waals surface area contributed by atoms with Crippen LogP contribution in [0, 0.1) is 10.1 Å². The van der Waals surface area contributed by atoms with Gasteiger partial charge in [0.05, 0.1) is 16.1 Å². The largest absolute Gasteiger partial charge is 0.418 e. The first-order valence-corrected chi connectivity index (χ1v) is 6.83. The fraction of sp³-hybridized carbons (Fsp3) is 0.500. The molecule has 21 heavy (non-hydrogen) atoms. The van der Waals surface area contributed by atoms with Crippen molar-refractivity contribution < 1.29 is 23.2 Å². The minimum atomic E-state index is -4.72. The van der Waals surface area contributed by atoms with Crippen LogP contribution in [-0.2, 0) is 6.18 Å². The SMILES string of the molecule is CC1(O)CC(Nc2c([N+](=O)[O-])cc(Br)cc2C(F)(F)F)C1. The highest BCUT2D eigenvalue weighted by Crippen LogP contribution is 2.44. The van der Waals surface area contributed by atoms with Crippen LogP contribution in [0.4, 0.5) is 24.5 Å². The van der Waals surface area contributed by atoms with Crippen LogP contribution in [0.5, 0.6) is 0 Å². The molecule has 0 spiro atoms. The van der Waals surface area contributed by atoms with Gasteiger partial charge in [-0.2, -0.15) is 13.2 Å². The Hall–Kier alpha value is -1.35. The third-order valence-corrected chi connectivity index (χ3v) is 3.76. The van der Waals surface area contributed by atoms with Gasteiger partial charge < -0.3 is 10.4 Å². The van der Waals surface area contributed by atoms with E-state index < -0.39 is 39.7 Å². The highest BCUT2D eigenvalue weighted by Gasteiger charge is 2.42. The van der Waals surface area contributed by atoms with E-state index in [4.69, 9.17) is 0 Å². The number of halogens is 4. The highest BCUT2D eigenvalue weighted by molar-refractivity contribution is 9.10. The minimum absolute atomic E-state index is 0.0207. The molecule has 0 aromatic heterocycles. The predicted octanol–water partition coefficient (Wildman–Crippen LogP) is 3.70. The second kappa shape index (κ2) is 5.13. The zero-order chi connectivity index (χ0) is 16.0. The van der Waals surface area contributed by atoms with E-state index in [1.165, 1.54) is 0 Å². The molecule has 1 aromatic carbocycles. The van der Waals surface area contributed by atoms with Gasteiger partial charge in [-0.15, -0.1) is 0 Å². The molecule has 0 heterocycles. The van der Waals surface area contributed by atoms with Crippen molar-refractivity contribution in [3.63, 3.8) is 0 Å². The first-order chi connectivity index (χ1) is 9.49. The van der Waals surface area contributed by atoms with E-state index >= 15 is 0 Å². The molecular formula is C12H12BrF3N2O3. The lowest BCUT2D eigenvalue weighted by Gasteiger charge is -2.41. The number of benzene rings is 1. The van der Waals surface area contributed by atoms with E-state index in [9.17, 15) is 28.4 Å². The van der Waals surface area contributed by atoms with Crippen LogP contribution >= 0.6 is 15.9 Å². The number of nitro benzene ring substituents is 1. The summed E-state index contributed by atoms with van der Waals surface area (Å²) in [7, 11) is 0. The summed E-state index contributed by atoms with van der Waals surface area (Å²) in [4.78, 5) is 10.1. The first-order valence-electron chi connectivity index (χ1n) is 6.04. The van der Waals surface area contributed by atoms with Gasteiger partial charge in [0.1, 0.15) is 5.69 Å². The van der Waals surface area contributed by atoms with Gasteiger partial charge >= 0.3 is 6.18 Å². The monoisotopic (exact) mass is 368 g/mol. The summed E-state index contributed by atoms with van der Waals surface area (Å²) < 4.78 is 39.2. The first kappa shape index (κ1) is 16.0. The molecule has 1 aliphatic rings. The molecule has 0 radical (unpaired) electrons. The van der Waals surface area contributed by atoms with Crippen molar-refractivity contribution in [3.05, 3.63) is 32.3 Å². The molecule has 0 bridgehead atoms. The molecule has 1 saturated carbocycles. The number of anilines is 1. The van der Waals surface area contributed by atoms with Crippen molar-refractivity contribution >= 4 is 27.3 Å². The van der Waals surface area contributed by atoms with Crippen LogP contribution in [0.1, 0.15) is 25.3 Å². The van der Waals surface area contributed by atoms with Crippen molar-refractivity contribution in [1.29, 1.82) is 0 Å². The molecule has 2 rings (SSSR count). The Morgan fingerprint density at radius 2 is 2.05 bits per heavy atom. The van der Waals surface area contributed by atoms with E-state index in [-0.39, 0.29) is 17.3 Å². The van der Waals surface area contributed by atoms with Gasteiger partial charge in [-0.05, 0) is 25.8 Å². The van der Waals surface area contributed by atoms with Crippen molar-refractivity contribution in [3.8, 4) is 0 Å². The Morgan fingerprint density at radius 1 is 1.48 bits per heavy atom. The second-order valence-corrected chi connectivity index (χ2v) is 6.26. The van der Waals surface area contributed by atoms with Crippen LogP contribution in [0.15, 0.2) is 16.6 Å². The predicted molar refractivity (Wildman–Crippen MR) is 73.1 cm³/mol. The second-order valence-electron chi connectivity index (χ2n) is 5.35. The molecule has 2 N–H and O–H groups in total. The summed E-state index contributed by atoms with van der Waals surface area (Å²) >= 11 is 2.85. The number of hydrogen-bond donors (Lipinski definition) is 2. The number of nitrogens with one attached hydrogen (secondary N) is 1. The van der Waals surface area contributed by atoms with Crippen molar-refractivity contribution in [2.24, 2.45) is 0 Å². The zero-order valence-corrected chi connectivity index (χ0v) is 12.5. The molecule has 9 heteroatoms. The molecule has 0 aliphatic heterocycles. The quantitative estimate of drug-likeness (QED) is 0.629. The lowest BCUT2D eigenvalue weighted by molar-refractivity contribution is -0.384. The maximum absolute atomic E-state index is 13.1. The normalized spacial score (nSPS) is 25.3. The van der Waals surface area contributed by atoms with Gasteiger partial charge in [0, 0.05) is 16.6 Å². The van der Waals surface area contributed by atoms with E-state index in [1.807, 2.05) is 0 Å². The summed E-state index contributed by atoms with van der Waals surface area (Å²) in [5.41, 5.74) is -3.25. The maximum Gasteiger partial charge on any atom is 0.418 e. The molecule has 116 valence electrons. The highest BCUT2D eigenvalue weighted by atomic mass is 79.9. The van der Waals surface area contributed by atoms with Gasteiger partial charge in [0.25, 0.3) is 5.69 Å². The summed E-state index contributed by atoms with van der Waals surface area (Å²) in [6.45, 7) is 1.56. The fourth-order valence-electron chi connectivity index (χ4n) is 2.42. The Labute approximate surface area is 126 Å². The molecule has 1 aliphatic carbocycles. The lowest BCUT2D eigenvalue weighted by atomic mass is 9.77. The Balaban J connectivity index is 2.43. The molecule has 1 fully saturated rings. The maximum atomic E-state index is 13.1. The average molecular weight is 369 g/mol. The Kier molecular flexibility index (Phi) is 3.92. The number of nitro groups is 1. The van der Waals surface area contributed by atoms with Crippen LogP contribution in [0.2, 0.25) is 0 Å². The smallest absolute Gasteiger partial charge is 0.390 e. The summed E-state index contributed by atoms with van der Waals surface area (Å²) in [6, 6.07) is 1.39. The summed E-state index contributed by atoms with van der Waals surface area (Å²) in [5, 5.41) is 23.1. The standard InChI is InChI=1S/C12H12BrF3N2O3/c1-11(19)4-7(5-11)17-10-8(12(14,15)16)2-6(13)3-9(10)18(20)21/h2-3,7,17,19H,4-5H2,1H3. The van der Waals surface area contributed by atoms with E-state index in [0.29, 0.717) is 0 Å². The molecule has 1 aromatic rings. The van der Waals surface area contributed by atoms with E-state index in [1.54, 1.807) is 6.92 Å². The number of aliphatic hydroxyl groups is 1. The molecule has 0 atom stereocenters. The van der Waals surface area contributed by atoms with Crippen LogP contribution in [0.3, 0.4) is 0 Å².